The van der Waals surface area contributed by atoms with Gasteiger partial charge < -0.3 is 18.9 Å². The maximum Gasteiger partial charge on any atom is 0.338 e. The number of carbonyl (C=O) groups excluding carboxylic acids is 1. The molecule has 0 N–H and O–H groups in total. The van der Waals surface area contributed by atoms with Crippen LogP contribution in [0.25, 0.3) is 6.08 Å². The van der Waals surface area contributed by atoms with E-state index in [1.165, 1.54) is 22.0 Å². The molecule has 8 nitrogen and oxygen atoms in total. The first-order valence-electron chi connectivity index (χ1n) is 14.3. The number of hydrogen-bond acceptors (Lipinski definition) is 8. The molecular weight excluding hydrogens is 710 g/mol. The van der Waals surface area contributed by atoms with E-state index >= 15 is 0 Å². The minimum atomic E-state index is -0.793. The summed E-state index contributed by atoms with van der Waals surface area (Å²) in [6.07, 6.45) is 1.71. The Labute approximate surface area is 277 Å². The Morgan fingerprint density at radius 2 is 1.87 bits per heavy atom. The van der Waals surface area contributed by atoms with Gasteiger partial charge in [-0.05, 0) is 97.8 Å². The Kier molecular flexibility index (Phi) is 10.1. The number of allylic oxidation sites excluding steroid dienone is 1. The number of hydrogen-bond donors (Lipinski definition) is 0. The van der Waals surface area contributed by atoms with Gasteiger partial charge in [0, 0.05) is 5.56 Å². The minimum Gasteiger partial charge on any atom is -0.493 e. The van der Waals surface area contributed by atoms with Crippen LogP contribution in [0, 0.1) is 9.39 Å². The first-order valence-corrected chi connectivity index (χ1v) is 16.2. The number of carbonyl (C=O) groups is 1. The Balaban J connectivity index is 1.55. The molecule has 0 radical (unpaired) electrons. The molecule has 0 amide bonds. The molecule has 234 valence electrons. The number of nitrogens with zero attached hydrogens (tertiary/aromatic N) is 2. The van der Waals surface area contributed by atoms with E-state index in [2.05, 4.69) is 27.6 Å². The predicted octanol–water partition coefficient (Wildman–Crippen LogP) is 5.92. The SMILES string of the molecule is CCOC(=O)C1=C(C)N=c2s/c(=C\c3ccc(OCc4ccccc4F)c(I)c3)c(=O)n2[C@H]1c1ccc(OC(C)C)c(OC)c1. The Hall–Kier alpha value is -3.97. The van der Waals surface area contributed by atoms with E-state index in [4.69, 9.17) is 18.9 Å². The van der Waals surface area contributed by atoms with Gasteiger partial charge in [0.05, 0.1) is 45.2 Å². The van der Waals surface area contributed by atoms with Crippen molar-refractivity contribution in [3.05, 3.63) is 118 Å². The van der Waals surface area contributed by atoms with E-state index < -0.39 is 12.0 Å². The highest BCUT2D eigenvalue weighted by atomic mass is 127. The van der Waals surface area contributed by atoms with Crippen molar-refractivity contribution in [2.45, 2.75) is 46.4 Å². The van der Waals surface area contributed by atoms with Crippen LogP contribution < -0.4 is 29.1 Å². The van der Waals surface area contributed by atoms with Crippen molar-refractivity contribution in [2.24, 2.45) is 4.99 Å². The Morgan fingerprint density at radius 3 is 2.56 bits per heavy atom. The van der Waals surface area contributed by atoms with Crippen LogP contribution in [0.2, 0.25) is 0 Å². The van der Waals surface area contributed by atoms with Gasteiger partial charge in [-0.3, -0.25) is 9.36 Å². The van der Waals surface area contributed by atoms with Gasteiger partial charge in [0.25, 0.3) is 5.56 Å². The predicted molar refractivity (Wildman–Crippen MR) is 179 cm³/mol. The highest BCUT2D eigenvalue weighted by molar-refractivity contribution is 14.1. The van der Waals surface area contributed by atoms with Crippen molar-refractivity contribution in [2.75, 3.05) is 13.7 Å². The lowest BCUT2D eigenvalue weighted by Crippen LogP contribution is -2.40. The van der Waals surface area contributed by atoms with Crippen molar-refractivity contribution >= 4 is 46.0 Å². The molecule has 0 bridgehead atoms. The van der Waals surface area contributed by atoms with Crippen LogP contribution in [0.15, 0.2) is 81.7 Å². The topological polar surface area (TPSA) is 88.4 Å². The number of ether oxygens (including phenoxy) is 4. The van der Waals surface area contributed by atoms with Crippen molar-refractivity contribution in [3.63, 3.8) is 0 Å². The normalized spacial score (nSPS) is 14.7. The summed E-state index contributed by atoms with van der Waals surface area (Å²) in [6.45, 7) is 7.59. The van der Waals surface area contributed by atoms with E-state index in [1.54, 1.807) is 63.4 Å². The maximum absolute atomic E-state index is 14.0. The van der Waals surface area contributed by atoms with Gasteiger partial charge in [-0.25, -0.2) is 14.2 Å². The number of esters is 1. The molecule has 1 aromatic heterocycles. The molecule has 5 rings (SSSR count). The summed E-state index contributed by atoms with van der Waals surface area (Å²) in [5.41, 5.74) is 2.34. The van der Waals surface area contributed by atoms with Crippen LogP contribution in [-0.4, -0.2) is 30.4 Å². The zero-order valence-electron chi connectivity index (χ0n) is 25.4. The summed E-state index contributed by atoms with van der Waals surface area (Å²) in [5.74, 6) is 0.773. The molecule has 2 heterocycles. The summed E-state index contributed by atoms with van der Waals surface area (Å²) < 4.78 is 39.6. The van der Waals surface area contributed by atoms with E-state index in [0.29, 0.717) is 43.4 Å². The largest absolute Gasteiger partial charge is 0.493 e. The third kappa shape index (κ3) is 6.99. The maximum atomic E-state index is 14.0. The van der Waals surface area contributed by atoms with Gasteiger partial charge in [-0.2, -0.15) is 0 Å². The molecule has 1 aliphatic rings. The fourth-order valence-electron chi connectivity index (χ4n) is 4.96. The highest BCUT2D eigenvalue weighted by Crippen LogP contribution is 2.36. The first kappa shape index (κ1) is 32.4. The number of aromatic nitrogens is 1. The second-order valence-corrected chi connectivity index (χ2v) is 12.6. The minimum absolute atomic E-state index is 0.0739. The van der Waals surface area contributed by atoms with Gasteiger partial charge >= 0.3 is 5.97 Å². The van der Waals surface area contributed by atoms with Gasteiger partial charge in [-0.15, -0.1) is 0 Å². The molecule has 1 aliphatic heterocycles. The van der Waals surface area contributed by atoms with Gasteiger partial charge in [0.15, 0.2) is 16.3 Å². The molecule has 11 heteroatoms. The number of benzene rings is 3. The number of rotatable bonds is 10. The molecule has 0 spiro atoms. The molecule has 0 saturated heterocycles. The highest BCUT2D eigenvalue weighted by Gasteiger charge is 2.34. The Bertz CT molecular complexity index is 1970. The van der Waals surface area contributed by atoms with Crippen molar-refractivity contribution in [3.8, 4) is 17.2 Å². The van der Waals surface area contributed by atoms with Crippen molar-refractivity contribution < 1.29 is 28.1 Å². The average Bonchev–Trinajstić information content (AvgIpc) is 3.30. The van der Waals surface area contributed by atoms with Crippen molar-refractivity contribution in [1.29, 1.82) is 0 Å². The summed E-state index contributed by atoms with van der Waals surface area (Å²) in [5, 5.41) is 0. The standard InChI is InChI=1S/C34H32FIN2O6S/c1-6-42-33(40)30-20(4)37-34-38(31(30)22-12-14-27(44-19(2)3)28(17-22)41-5)32(39)29(45-34)16-21-11-13-26(25(36)15-21)43-18-23-9-7-8-10-24(23)35/h7-17,19,31H,6,18H2,1-5H3/b29-16-/t31-/m0/s1. The number of methoxy groups -OCH3 is 1. The number of halogens is 2. The molecule has 0 unspecified atom stereocenters. The zero-order chi connectivity index (χ0) is 32.2. The van der Waals surface area contributed by atoms with Crippen LogP contribution in [0.4, 0.5) is 4.39 Å². The lowest BCUT2D eigenvalue weighted by Gasteiger charge is -2.25. The lowest BCUT2D eigenvalue weighted by atomic mass is 9.95. The summed E-state index contributed by atoms with van der Waals surface area (Å²) in [6, 6.07) is 16.6. The van der Waals surface area contributed by atoms with Crippen molar-refractivity contribution in [1.82, 2.24) is 4.57 Å². The quantitative estimate of drug-likeness (QED) is 0.148. The molecule has 3 aromatic carbocycles. The second-order valence-electron chi connectivity index (χ2n) is 10.4. The van der Waals surface area contributed by atoms with Crippen LogP contribution in [-0.2, 0) is 16.1 Å². The van der Waals surface area contributed by atoms with Crippen LogP contribution in [0.1, 0.15) is 50.4 Å². The van der Waals surface area contributed by atoms with E-state index in [9.17, 15) is 14.0 Å². The summed E-state index contributed by atoms with van der Waals surface area (Å²) in [7, 11) is 1.54. The average molecular weight is 743 g/mol. The zero-order valence-corrected chi connectivity index (χ0v) is 28.4. The third-order valence-corrected chi connectivity index (χ3v) is 8.80. The molecular formula is C34H32FIN2O6S. The molecule has 0 aliphatic carbocycles. The molecule has 0 fully saturated rings. The van der Waals surface area contributed by atoms with Gasteiger partial charge in [0.2, 0.25) is 0 Å². The van der Waals surface area contributed by atoms with E-state index in [-0.39, 0.29) is 36.3 Å². The molecule has 4 aromatic rings. The smallest absolute Gasteiger partial charge is 0.338 e. The fourth-order valence-corrected chi connectivity index (χ4v) is 6.70. The van der Waals surface area contributed by atoms with E-state index in [0.717, 1.165) is 9.13 Å². The second kappa shape index (κ2) is 14.0. The van der Waals surface area contributed by atoms with Crippen LogP contribution in [0.3, 0.4) is 0 Å². The molecule has 0 saturated carbocycles. The van der Waals surface area contributed by atoms with Gasteiger partial charge in [-0.1, -0.05) is 41.7 Å². The molecule has 1 atom stereocenters. The monoisotopic (exact) mass is 742 g/mol. The lowest BCUT2D eigenvalue weighted by molar-refractivity contribution is -0.139. The molecule has 45 heavy (non-hydrogen) atoms. The first-order chi connectivity index (χ1) is 21.6. The summed E-state index contributed by atoms with van der Waals surface area (Å²) in [4.78, 5) is 32.4. The van der Waals surface area contributed by atoms with Crippen LogP contribution in [0.5, 0.6) is 17.2 Å². The van der Waals surface area contributed by atoms with E-state index in [1.807, 2.05) is 32.0 Å². The Morgan fingerprint density at radius 1 is 1.11 bits per heavy atom. The summed E-state index contributed by atoms with van der Waals surface area (Å²) >= 11 is 3.39. The number of thiazole rings is 1. The fraction of sp³-hybridized carbons (Fsp3) is 0.265. The number of fused-ring (bicyclic) bond motifs is 1. The van der Waals surface area contributed by atoms with Crippen LogP contribution >= 0.6 is 33.9 Å². The van der Waals surface area contributed by atoms with Gasteiger partial charge in [0.1, 0.15) is 18.2 Å². The third-order valence-electron chi connectivity index (χ3n) is 6.98.